The Labute approximate surface area is 72.0 Å². The Kier molecular flexibility index (Phi) is 8.28. The molecule has 0 aliphatic heterocycles. The van der Waals surface area contributed by atoms with Crippen molar-refractivity contribution in [1.82, 2.24) is 0 Å². The second-order valence-electron chi connectivity index (χ2n) is 1.85. The summed E-state index contributed by atoms with van der Waals surface area (Å²) >= 11 is 3.86. The number of hydrogen-bond donors (Lipinski definition) is 1. The Balaban J connectivity index is 3.30. The largest absolute Gasteiger partial charge is 0.396 e. The van der Waals surface area contributed by atoms with E-state index in [0.29, 0.717) is 11.2 Å². The number of aliphatic hydroxyl groups excluding tert-OH is 1. The normalized spacial score (nSPS) is 10.8. The molecule has 0 rings (SSSR count). The third-order valence-corrected chi connectivity index (χ3v) is 3.77. The molecule has 0 fully saturated rings. The van der Waals surface area contributed by atoms with Crippen LogP contribution >= 0.6 is 23.5 Å². The van der Waals surface area contributed by atoms with Gasteiger partial charge in [-0.05, 0) is 17.9 Å². The molecule has 0 radical (unpaired) electrons. The van der Waals surface area contributed by atoms with Crippen LogP contribution in [0.5, 0.6) is 0 Å². The monoisotopic (exact) mass is 180 g/mol. The maximum atomic E-state index is 8.66. The van der Waals surface area contributed by atoms with Gasteiger partial charge in [0.1, 0.15) is 0 Å². The van der Waals surface area contributed by atoms with Crippen molar-refractivity contribution in [3.63, 3.8) is 0 Å². The van der Waals surface area contributed by atoms with E-state index in [1.807, 2.05) is 23.5 Å². The van der Waals surface area contributed by atoms with Gasteiger partial charge in [0.25, 0.3) is 0 Å². The zero-order valence-electron chi connectivity index (χ0n) is 6.67. The van der Waals surface area contributed by atoms with Crippen molar-refractivity contribution < 1.29 is 5.11 Å². The van der Waals surface area contributed by atoms with Gasteiger partial charge in [0.2, 0.25) is 0 Å². The van der Waals surface area contributed by atoms with Crippen molar-refractivity contribution in [2.45, 2.75) is 24.9 Å². The Morgan fingerprint density at radius 3 is 2.00 bits per heavy atom. The number of aliphatic hydroxyl groups is 1. The predicted molar refractivity (Wildman–Crippen MR) is 51.8 cm³/mol. The number of thioether (sulfide) groups is 2. The van der Waals surface area contributed by atoms with Crippen LogP contribution in [0.25, 0.3) is 0 Å². The van der Waals surface area contributed by atoms with Crippen molar-refractivity contribution >= 4 is 23.5 Å². The van der Waals surface area contributed by atoms with E-state index >= 15 is 0 Å². The van der Waals surface area contributed by atoms with Gasteiger partial charge >= 0.3 is 0 Å². The molecule has 0 bridgehead atoms. The summed E-state index contributed by atoms with van der Waals surface area (Å²) < 4.78 is 0.611. The second-order valence-corrected chi connectivity index (χ2v) is 5.11. The zero-order valence-corrected chi connectivity index (χ0v) is 8.30. The van der Waals surface area contributed by atoms with Crippen molar-refractivity contribution in [3.05, 3.63) is 0 Å². The lowest BCUT2D eigenvalue weighted by atomic mass is 10.5. The fourth-order valence-corrected chi connectivity index (χ4v) is 3.18. The van der Waals surface area contributed by atoms with Crippen LogP contribution in [0.2, 0.25) is 0 Å². The lowest BCUT2D eigenvalue weighted by Gasteiger charge is -2.11. The quantitative estimate of drug-likeness (QED) is 0.633. The molecular weight excluding hydrogens is 164 g/mol. The van der Waals surface area contributed by atoms with Gasteiger partial charge in [-0.15, -0.1) is 23.5 Å². The highest BCUT2D eigenvalue weighted by Crippen LogP contribution is 2.25. The van der Waals surface area contributed by atoms with Gasteiger partial charge in [-0.25, -0.2) is 0 Å². The maximum Gasteiger partial charge on any atom is 0.0524 e. The standard InChI is InChI=1S/C7H16OS2/c1-3-9-7(5-6-8)10-4-2/h7-8H,3-6H2,1-2H3. The van der Waals surface area contributed by atoms with Crippen LogP contribution in [-0.4, -0.2) is 27.8 Å². The lowest BCUT2D eigenvalue weighted by Crippen LogP contribution is -2.00. The van der Waals surface area contributed by atoms with Crippen molar-refractivity contribution in [2.24, 2.45) is 0 Å². The Morgan fingerprint density at radius 1 is 1.20 bits per heavy atom. The summed E-state index contributed by atoms with van der Waals surface area (Å²) in [6.07, 6.45) is 0.928. The molecule has 1 N–H and O–H groups in total. The average molecular weight is 180 g/mol. The molecule has 1 nitrogen and oxygen atoms in total. The summed E-state index contributed by atoms with van der Waals surface area (Å²) in [6, 6.07) is 0. The lowest BCUT2D eigenvalue weighted by molar-refractivity contribution is 0.294. The molecule has 10 heavy (non-hydrogen) atoms. The molecule has 0 atom stereocenters. The molecule has 0 aliphatic rings. The summed E-state index contributed by atoms with van der Waals surface area (Å²) in [5.74, 6) is 2.30. The molecular formula is C7H16OS2. The van der Waals surface area contributed by atoms with Crippen molar-refractivity contribution in [1.29, 1.82) is 0 Å². The molecule has 0 amide bonds. The van der Waals surface area contributed by atoms with Crippen LogP contribution in [0.4, 0.5) is 0 Å². The summed E-state index contributed by atoms with van der Waals surface area (Å²) in [5.41, 5.74) is 0. The van der Waals surface area contributed by atoms with Gasteiger partial charge in [-0.1, -0.05) is 13.8 Å². The first kappa shape index (κ1) is 10.7. The SMILES string of the molecule is CCSC(CCO)SCC. The van der Waals surface area contributed by atoms with Gasteiger partial charge in [0, 0.05) is 6.61 Å². The van der Waals surface area contributed by atoms with Crippen LogP contribution in [0.15, 0.2) is 0 Å². The van der Waals surface area contributed by atoms with E-state index in [9.17, 15) is 0 Å². The molecule has 62 valence electrons. The van der Waals surface area contributed by atoms with Gasteiger partial charge in [0.05, 0.1) is 4.58 Å². The van der Waals surface area contributed by atoms with E-state index in [0.717, 1.165) is 17.9 Å². The first-order valence-electron chi connectivity index (χ1n) is 3.69. The molecule has 0 aromatic heterocycles. The van der Waals surface area contributed by atoms with E-state index in [2.05, 4.69) is 13.8 Å². The van der Waals surface area contributed by atoms with E-state index in [-0.39, 0.29) is 0 Å². The molecule has 0 aliphatic carbocycles. The first-order valence-corrected chi connectivity index (χ1v) is 5.78. The Morgan fingerprint density at radius 2 is 1.70 bits per heavy atom. The van der Waals surface area contributed by atoms with E-state index in [4.69, 9.17) is 5.11 Å². The van der Waals surface area contributed by atoms with Gasteiger partial charge in [0.15, 0.2) is 0 Å². The molecule has 0 aromatic carbocycles. The molecule has 3 heteroatoms. The van der Waals surface area contributed by atoms with Crippen LogP contribution in [0.1, 0.15) is 20.3 Å². The van der Waals surface area contributed by atoms with Crippen molar-refractivity contribution in [3.8, 4) is 0 Å². The minimum atomic E-state index is 0.324. The topological polar surface area (TPSA) is 20.2 Å². The van der Waals surface area contributed by atoms with Crippen LogP contribution < -0.4 is 0 Å². The third-order valence-electron chi connectivity index (χ3n) is 1.07. The number of rotatable bonds is 6. The molecule has 0 saturated carbocycles. The van der Waals surface area contributed by atoms with Gasteiger partial charge in [-0.2, -0.15) is 0 Å². The van der Waals surface area contributed by atoms with Crippen LogP contribution in [0, 0.1) is 0 Å². The van der Waals surface area contributed by atoms with Crippen molar-refractivity contribution in [2.75, 3.05) is 18.1 Å². The highest BCUT2D eigenvalue weighted by atomic mass is 32.2. The minimum absolute atomic E-state index is 0.324. The first-order chi connectivity index (χ1) is 4.85. The van der Waals surface area contributed by atoms with Gasteiger partial charge < -0.3 is 5.11 Å². The second kappa shape index (κ2) is 7.76. The molecule has 0 saturated heterocycles. The predicted octanol–water partition coefficient (Wildman–Crippen LogP) is 2.20. The Bertz CT molecular complexity index is 54.4. The summed E-state index contributed by atoms with van der Waals surface area (Å²) in [4.78, 5) is 0. The van der Waals surface area contributed by atoms with E-state index in [1.165, 1.54) is 0 Å². The summed E-state index contributed by atoms with van der Waals surface area (Å²) in [7, 11) is 0. The summed E-state index contributed by atoms with van der Waals surface area (Å²) in [5, 5.41) is 8.66. The maximum absolute atomic E-state index is 8.66. The van der Waals surface area contributed by atoms with Crippen LogP contribution in [0.3, 0.4) is 0 Å². The highest BCUT2D eigenvalue weighted by molar-refractivity contribution is 8.16. The number of hydrogen-bond acceptors (Lipinski definition) is 3. The summed E-state index contributed by atoms with van der Waals surface area (Å²) in [6.45, 7) is 4.64. The fourth-order valence-electron chi connectivity index (χ4n) is 0.692. The molecule has 0 heterocycles. The smallest absolute Gasteiger partial charge is 0.0524 e. The van der Waals surface area contributed by atoms with E-state index in [1.54, 1.807) is 0 Å². The Hall–Kier alpha value is 0.660. The van der Waals surface area contributed by atoms with Gasteiger partial charge in [-0.3, -0.25) is 0 Å². The average Bonchev–Trinajstić information content (AvgIpc) is 1.90. The zero-order chi connectivity index (χ0) is 7.82. The van der Waals surface area contributed by atoms with E-state index < -0.39 is 0 Å². The minimum Gasteiger partial charge on any atom is -0.396 e. The molecule has 0 spiro atoms. The third kappa shape index (κ3) is 5.45. The fraction of sp³-hybridized carbons (Fsp3) is 1.00. The molecule has 0 aromatic rings. The van der Waals surface area contributed by atoms with Crippen LogP contribution in [-0.2, 0) is 0 Å². The molecule has 0 unspecified atom stereocenters. The highest BCUT2D eigenvalue weighted by Gasteiger charge is 2.05.